The van der Waals surface area contributed by atoms with Gasteiger partial charge in [0.2, 0.25) is 5.96 Å². The summed E-state index contributed by atoms with van der Waals surface area (Å²) >= 11 is 9.35. The molecule has 0 spiro atoms. The van der Waals surface area contributed by atoms with E-state index in [0.29, 0.717) is 16.7 Å². The Morgan fingerprint density at radius 2 is 1.89 bits per heavy atom. The van der Waals surface area contributed by atoms with E-state index < -0.39 is 0 Å². The number of nitrogens with zero attached hydrogens (tertiary/aromatic N) is 1. The zero-order valence-electron chi connectivity index (χ0n) is 9.90. The smallest absolute Gasteiger partial charge is 0.215 e. The summed E-state index contributed by atoms with van der Waals surface area (Å²) in [5.41, 5.74) is 4.09. The number of hydrogen-bond acceptors (Lipinski definition) is 2. The predicted octanol–water partition coefficient (Wildman–Crippen LogP) is 3.67. The van der Waals surface area contributed by atoms with Crippen molar-refractivity contribution in [3.8, 4) is 0 Å². The molecule has 6 heteroatoms. The lowest BCUT2D eigenvalue weighted by Crippen LogP contribution is -2.35. The molecule has 0 heterocycles. The maximum atomic E-state index is 5.94. The first-order valence-corrected chi connectivity index (χ1v) is 6.68. The van der Waals surface area contributed by atoms with Crippen molar-refractivity contribution in [1.29, 1.82) is 0 Å². The Bertz CT molecular complexity index is 586. The molecule has 0 aliphatic rings. The first-order chi connectivity index (χ1) is 9.19. The molecule has 0 amide bonds. The molecule has 0 fully saturated rings. The number of hydrazine groups is 1. The average Bonchev–Trinajstić information content (AvgIpc) is 2.43. The maximum absolute atomic E-state index is 5.94. The molecule has 4 nitrogen and oxygen atoms in total. The molecule has 19 heavy (non-hydrogen) atoms. The Morgan fingerprint density at radius 1 is 1.16 bits per heavy atom. The van der Waals surface area contributed by atoms with Gasteiger partial charge in [-0.05, 0) is 46.3 Å². The Hall–Kier alpha value is -1.56. The molecule has 2 rings (SSSR count). The van der Waals surface area contributed by atoms with Crippen LogP contribution in [-0.2, 0) is 0 Å². The van der Waals surface area contributed by atoms with Crippen molar-refractivity contribution in [1.82, 2.24) is 5.43 Å². The van der Waals surface area contributed by atoms with Crippen molar-refractivity contribution in [2.75, 3.05) is 5.32 Å². The summed E-state index contributed by atoms with van der Waals surface area (Å²) in [5.74, 6) is 5.89. The van der Waals surface area contributed by atoms with Crippen LogP contribution in [0, 0.1) is 0 Å². The van der Waals surface area contributed by atoms with Crippen LogP contribution in [-0.4, -0.2) is 5.96 Å². The summed E-state index contributed by atoms with van der Waals surface area (Å²) in [6.45, 7) is 0. The average molecular weight is 340 g/mol. The number of anilines is 1. The molecule has 0 aromatic heterocycles. The lowest BCUT2D eigenvalue weighted by molar-refractivity contribution is 1.02. The second-order valence-corrected chi connectivity index (χ2v) is 4.98. The van der Waals surface area contributed by atoms with E-state index in [9.17, 15) is 0 Å². The summed E-state index contributed by atoms with van der Waals surface area (Å²) < 4.78 is 0.833. The van der Waals surface area contributed by atoms with Crippen molar-refractivity contribution in [3.63, 3.8) is 0 Å². The van der Waals surface area contributed by atoms with Gasteiger partial charge in [0.05, 0.1) is 5.69 Å². The standard InChI is InChI=1S/C13H12BrClN4/c14-11-7-6-9(15)8-12(11)18-13(19-16)17-10-4-2-1-3-5-10/h1-8H,16H2,(H2,17,18,19). The third-order valence-electron chi connectivity index (χ3n) is 2.31. The third-order valence-corrected chi connectivity index (χ3v) is 3.22. The number of nitrogens with two attached hydrogens (primary N) is 1. The molecular weight excluding hydrogens is 328 g/mol. The van der Waals surface area contributed by atoms with Gasteiger partial charge in [0, 0.05) is 15.2 Å². The lowest BCUT2D eigenvalue weighted by Gasteiger charge is -2.09. The van der Waals surface area contributed by atoms with Crippen molar-refractivity contribution >= 4 is 44.9 Å². The van der Waals surface area contributed by atoms with E-state index in [2.05, 4.69) is 31.7 Å². The summed E-state index contributed by atoms with van der Waals surface area (Å²) in [6, 6.07) is 15.0. The van der Waals surface area contributed by atoms with Gasteiger partial charge in [0.1, 0.15) is 0 Å². The molecule has 0 aliphatic heterocycles. The molecule has 0 saturated heterocycles. The molecule has 0 saturated carbocycles. The van der Waals surface area contributed by atoms with Crippen LogP contribution in [0.3, 0.4) is 0 Å². The van der Waals surface area contributed by atoms with Gasteiger partial charge < -0.3 is 5.32 Å². The Labute approximate surface area is 124 Å². The van der Waals surface area contributed by atoms with Gasteiger partial charge in [-0.1, -0.05) is 29.8 Å². The number of benzene rings is 2. The Morgan fingerprint density at radius 3 is 2.58 bits per heavy atom. The van der Waals surface area contributed by atoms with Crippen LogP contribution in [0.1, 0.15) is 0 Å². The predicted molar refractivity (Wildman–Crippen MR) is 83.6 cm³/mol. The zero-order chi connectivity index (χ0) is 13.7. The lowest BCUT2D eigenvalue weighted by atomic mass is 10.3. The van der Waals surface area contributed by atoms with E-state index >= 15 is 0 Å². The van der Waals surface area contributed by atoms with Crippen LogP contribution in [0.2, 0.25) is 5.02 Å². The summed E-state index contributed by atoms with van der Waals surface area (Å²) in [5, 5.41) is 3.68. The minimum Gasteiger partial charge on any atom is -0.325 e. The van der Waals surface area contributed by atoms with Crippen molar-refractivity contribution < 1.29 is 0 Å². The monoisotopic (exact) mass is 338 g/mol. The van der Waals surface area contributed by atoms with Gasteiger partial charge >= 0.3 is 0 Å². The normalized spacial score (nSPS) is 11.2. The van der Waals surface area contributed by atoms with Gasteiger partial charge in [-0.2, -0.15) is 0 Å². The van der Waals surface area contributed by atoms with E-state index in [1.54, 1.807) is 12.1 Å². The van der Waals surface area contributed by atoms with E-state index in [1.807, 2.05) is 36.4 Å². The number of hydrogen-bond donors (Lipinski definition) is 3. The van der Waals surface area contributed by atoms with Gasteiger partial charge in [0.25, 0.3) is 0 Å². The highest BCUT2D eigenvalue weighted by atomic mass is 79.9. The number of aliphatic imine (C=N–C) groups is 1. The van der Waals surface area contributed by atoms with Crippen LogP contribution in [0.15, 0.2) is 58.0 Å². The Balaban J connectivity index is 2.26. The molecule has 2 aromatic carbocycles. The molecule has 0 bridgehead atoms. The van der Waals surface area contributed by atoms with Crippen LogP contribution in [0.4, 0.5) is 11.4 Å². The molecule has 2 aromatic rings. The van der Waals surface area contributed by atoms with Gasteiger partial charge in [0.15, 0.2) is 0 Å². The highest BCUT2D eigenvalue weighted by Crippen LogP contribution is 2.28. The van der Waals surface area contributed by atoms with E-state index in [-0.39, 0.29) is 0 Å². The van der Waals surface area contributed by atoms with Gasteiger partial charge in [-0.15, -0.1) is 0 Å². The Kier molecular flexibility index (Phi) is 4.79. The van der Waals surface area contributed by atoms with Crippen LogP contribution >= 0.6 is 27.5 Å². The highest BCUT2D eigenvalue weighted by molar-refractivity contribution is 9.10. The summed E-state index contributed by atoms with van der Waals surface area (Å²) in [7, 11) is 0. The number of para-hydroxylation sites is 1. The van der Waals surface area contributed by atoms with E-state index in [0.717, 1.165) is 10.2 Å². The van der Waals surface area contributed by atoms with Gasteiger partial charge in [-0.3, -0.25) is 5.43 Å². The number of rotatable bonds is 2. The largest absolute Gasteiger partial charge is 0.325 e. The van der Waals surface area contributed by atoms with E-state index in [1.165, 1.54) is 0 Å². The first kappa shape index (κ1) is 13.9. The minimum absolute atomic E-state index is 0.425. The second-order valence-electron chi connectivity index (χ2n) is 3.69. The zero-order valence-corrected chi connectivity index (χ0v) is 12.2. The maximum Gasteiger partial charge on any atom is 0.215 e. The quantitative estimate of drug-likeness (QED) is 0.339. The summed E-state index contributed by atoms with van der Waals surface area (Å²) in [4.78, 5) is 4.37. The number of halogens is 2. The molecule has 98 valence electrons. The van der Waals surface area contributed by atoms with E-state index in [4.69, 9.17) is 17.4 Å². The minimum atomic E-state index is 0.425. The number of guanidine groups is 1. The van der Waals surface area contributed by atoms with Gasteiger partial charge in [-0.25, -0.2) is 10.8 Å². The molecule has 0 aliphatic carbocycles. The number of nitrogens with one attached hydrogen (secondary N) is 2. The molecular formula is C13H12BrClN4. The van der Waals surface area contributed by atoms with Crippen LogP contribution in [0.5, 0.6) is 0 Å². The van der Waals surface area contributed by atoms with Crippen molar-refractivity contribution in [2.24, 2.45) is 10.8 Å². The highest BCUT2D eigenvalue weighted by Gasteiger charge is 2.02. The van der Waals surface area contributed by atoms with Crippen molar-refractivity contribution in [3.05, 3.63) is 58.0 Å². The topological polar surface area (TPSA) is 62.4 Å². The molecule has 4 N–H and O–H groups in total. The fourth-order valence-electron chi connectivity index (χ4n) is 1.45. The fraction of sp³-hybridized carbons (Fsp3) is 0. The molecule has 0 radical (unpaired) electrons. The molecule has 0 unspecified atom stereocenters. The second kappa shape index (κ2) is 6.56. The summed E-state index contributed by atoms with van der Waals surface area (Å²) in [6.07, 6.45) is 0. The fourth-order valence-corrected chi connectivity index (χ4v) is 1.95. The first-order valence-electron chi connectivity index (χ1n) is 5.51. The van der Waals surface area contributed by atoms with Crippen LogP contribution < -0.4 is 16.6 Å². The third kappa shape index (κ3) is 3.96. The SMILES string of the molecule is NNC(=Nc1cc(Cl)ccc1Br)Nc1ccccc1. The van der Waals surface area contributed by atoms with Crippen molar-refractivity contribution in [2.45, 2.75) is 0 Å². The molecule has 0 atom stereocenters. The van der Waals surface area contributed by atoms with Crippen LogP contribution in [0.25, 0.3) is 0 Å².